The summed E-state index contributed by atoms with van der Waals surface area (Å²) in [5.74, 6) is 1.93. The fourth-order valence-corrected chi connectivity index (χ4v) is 4.96. The van der Waals surface area contributed by atoms with Crippen LogP contribution in [0.5, 0.6) is 0 Å². The molecule has 4 aliphatic rings. The van der Waals surface area contributed by atoms with Gasteiger partial charge in [0.25, 0.3) is 0 Å². The predicted octanol–water partition coefficient (Wildman–Crippen LogP) is 4.50. The molecule has 1 fully saturated rings. The van der Waals surface area contributed by atoms with E-state index >= 15 is 0 Å². The number of rotatable bonds is 3. The zero-order chi connectivity index (χ0) is 16.4. The summed E-state index contributed by atoms with van der Waals surface area (Å²) in [6, 6.07) is 0.203. The zero-order valence-corrected chi connectivity index (χ0v) is 14.7. The second-order valence-electron chi connectivity index (χ2n) is 8.47. The summed E-state index contributed by atoms with van der Waals surface area (Å²) in [7, 11) is 0. The molecular formula is C19H27N3O. The van der Waals surface area contributed by atoms with Gasteiger partial charge in [-0.15, -0.1) is 5.11 Å². The Morgan fingerprint density at radius 2 is 1.87 bits per heavy atom. The van der Waals surface area contributed by atoms with Gasteiger partial charge >= 0.3 is 0 Å². The number of carbonyl (C=O) groups excluding carboxylic acids is 1. The van der Waals surface area contributed by atoms with Crippen molar-refractivity contribution in [2.75, 3.05) is 0 Å². The van der Waals surface area contributed by atoms with E-state index in [1.54, 1.807) is 0 Å². The van der Waals surface area contributed by atoms with Crippen molar-refractivity contribution in [1.82, 2.24) is 5.32 Å². The molecule has 0 aromatic rings. The Labute approximate surface area is 138 Å². The molecule has 1 N–H and O–H groups in total. The minimum Gasteiger partial charge on any atom is -0.342 e. The van der Waals surface area contributed by atoms with E-state index in [1.165, 1.54) is 18.4 Å². The first-order valence-corrected chi connectivity index (χ1v) is 9.11. The summed E-state index contributed by atoms with van der Waals surface area (Å²) < 4.78 is 0. The van der Waals surface area contributed by atoms with Gasteiger partial charge in [-0.05, 0) is 43.4 Å². The second-order valence-corrected chi connectivity index (χ2v) is 8.47. The highest BCUT2D eigenvalue weighted by Crippen LogP contribution is 2.57. The van der Waals surface area contributed by atoms with Gasteiger partial charge in [0.1, 0.15) is 0 Å². The first-order chi connectivity index (χ1) is 10.9. The molecule has 1 saturated carbocycles. The molecule has 0 saturated heterocycles. The van der Waals surface area contributed by atoms with Gasteiger partial charge in [-0.2, -0.15) is 5.11 Å². The Bertz CT molecular complexity index is 660. The fraction of sp³-hybridized carbons (Fsp3) is 0.737. The summed E-state index contributed by atoms with van der Waals surface area (Å²) in [4.78, 5) is 13.1. The predicted molar refractivity (Wildman–Crippen MR) is 89.6 cm³/mol. The van der Waals surface area contributed by atoms with E-state index in [-0.39, 0.29) is 16.9 Å². The molecule has 23 heavy (non-hydrogen) atoms. The van der Waals surface area contributed by atoms with Crippen LogP contribution < -0.4 is 5.32 Å². The maximum Gasteiger partial charge on any atom is 0.162 e. The maximum absolute atomic E-state index is 13.1. The van der Waals surface area contributed by atoms with Crippen molar-refractivity contribution in [2.45, 2.75) is 72.3 Å². The molecule has 0 aromatic heterocycles. The van der Waals surface area contributed by atoms with Gasteiger partial charge < -0.3 is 5.32 Å². The molecule has 2 aliphatic heterocycles. The summed E-state index contributed by atoms with van der Waals surface area (Å²) in [6.07, 6.45) is 6.00. The van der Waals surface area contributed by atoms with Crippen molar-refractivity contribution < 1.29 is 4.79 Å². The van der Waals surface area contributed by atoms with E-state index in [2.05, 4.69) is 43.2 Å². The number of dihydropyridines is 1. The van der Waals surface area contributed by atoms with Crippen molar-refractivity contribution in [1.29, 1.82) is 0 Å². The lowest BCUT2D eigenvalue weighted by Crippen LogP contribution is -2.45. The Hall–Kier alpha value is -1.45. The normalized spacial score (nSPS) is 31.1. The third-order valence-electron chi connectivity index (χ3n) is 6.25. The van der Waals surface area contributed by atoms with Crippen molar-refractivity contribution >= 4 is 5.78 Å². The lowest BCUT2D eigenvalue weighted by atomic mass is 9.60. The molecule has 2 aliphatic carbocycles. The number of ketones is 1. The average Bonchev–Trinajstić information content (AvgIpc) is 3.24. The Morgan fingerprint density at radius 1 is 1.17 bits per heavy atom. The van der Waals surface area contributed by atoms with Crippen molar-refractivity contribution in [3.63, 3.8) is 0 Å². The third kappa shape index (κ3) is 2.06. The minimum absolute atomic E-state index is 0.0276. The van der Waals surface area contributed by atoms with Crippen LogP contribution in [-0.2, 0) is 4.79 Å². The molecule has 1 atom stereocenters. The topological polar surface area (TPSA) is 53.8 Å². The zero-order valence-electron chi connectivity index (χ0n) is 14.7. The van der Waals surface area contributed by atoms with Crippen LogP contribution in [0.1, 0.15) is 66.2 Å². The van der Waals surface area contributed by atoms with E-state index in [0.29, 0.717) is 18.1 Å². The number of Topliss-reactive ketones (excluding diaryl/α,β-unsaturated/α-hetero) is 1. The quantitative estimate of drug-likeness (QED) is 0.834. The molecule has 2 heterocycles. The summed E-state index contributed by atoms with van der Waals surface area (Å²) in [5, 5.41) is 12.6. The summed E-state index contributed by atoms with van der Waals surface area (Å²) >= 11 is 0. The molecule has 0 spiro atoms. The van der Waals surface area contributed by atoms with E-state index in [9.17, 15) is 4.79 Å². The van der Waals surface area contributed by atoms with Gasteiger partial charge in [0.15, 0.2) is 11.6 Å². The van der Waals surface area contributed by atoms with Crippen LogP contribution >= 0.6 is 0 Å². The molecule has 0 radical (unpaired) electrons. The smallest absolute Gasteiger partial charge is 0.162 e. The number of azo groups is 1. The molecule has 4 nitrogen and oxygen atoms in total. The second kappa shape index (κ2) is 4.78. The lowest BCUT2D eigenvalue weighted by Gasteiger charge is -2.46. The highest BCUT2D eigenvalue weighted by atomic mass is 16.1. The number of nitrogens with zero attached hydrogens (tertiary/aromatic N) is 2. The van der Waals surface area contributed by atoms with Crippen LogP contribution in [0.15, 0.2) is 32.9 Å². The Morgan fingerprint density at radius 3 is 2.48 bits per heavy atom. The highest BCUT2D eigenvalue weighted by molar-refractivity contribution is 6.00. The van der Waals surface area contributed by atoms with Crippen LogP contribution in [0.3, 0.4) is 0 Å². The van der Waals surface area contributed by atoms with Crippen LogP contribution in [0.2, 0.25) is 0 Å². The monoisotopic (exact) mass is 313 g/mol. The third-order valence-corrected chi connectivity index (χ3v) is 6.25. The highest BCUT2D eigenvalue weighted by Gasteiger charge is 2.54. The van der Waals surface area contributed by atoms with Gasteiger partial charge in [-0.3, -0.25) is 4.79 Å². The van der Waals surface area contributed by atoms with Gasteiger partial charge in [-0.1, -0.05) is 27.7 Å². The SMILES string of the molecule is CCC1(CC)C2=C(CC(C)(C)CC2=O)NC2=C1C(C1CC1)N=N2. The Kier molecular flexibility index (Phi) is 3.14. The van der Waals surface area contributed by atoms with Crippen molar-refractivity contribution in [3.05, 3.63) is 22.7 Å². The lowest BCUT2D eigenvalue weighted by molar-refractivity contribution is -0.119. The Balaban J connectivity index is 1.85. The standard InChI is InChI=1S/C19H27N3O/c1-5-19(6-2)14-12(9-18(3,4)10-13(14)23)20-17-15(19)16(21-22-17)11-7-8-11/h11,16,20H,5-10H2,1-4H3. The van der Waals surface area contributed by atoms with E-state index in [1.807, 2.05) is 0 Å². The fourth-order valence-electron chi connectivity index (χ4n) is 4.96. The molecule has 4 heteroatoms. The number of hydrogen-bond donors (Lipinski definition) is 1. The molecule has 124 valence electrons. The molecule has 0 amide bonds. The molecular weight excluding hydrogens is 286 g/mol. The van der Waals surface area contributed by atoms with Crippen LogP contribution in [-0.4, -0.2) is 11.8 Å². The molecule has 0 aromatic carbocycles. The molecule has 1 unspecified atom stereocenters. The maximum atomic E-state index is 13.1. The number of hydrogen-bond acceptors (Lipinski definition) is 4. The van der Waals surface area contributed by atoms with Crippen molar-refractivity contribution in [3.8, 4) is 0 Å². The van der Waals surface area contributed by atoms with E-state index in [0.717, 1.165) is 36.4 Å². The van der Waals surface area contributed by atoms with Gasteiger partial charge in [0.2, 0.25) is 0 Å². The molecule has 4 rings (SSSR count). The van der Waals surface area contributed by atoms with Gasteiger partial charge in [-0.25, -0.2) is 0 Å². The van der Waals surface area contributed by atoms with Gasteiger partial charge in [0.05, 0.1) is 6.04 Å². The summed E-state index contributed by atoms with van der Waals surface area (Å²) in [5.41, 5.74) is 3.36. The number of nitrogens with one attached hydrogen (secondary N) is 1. The first-order valence-electron chi connectivity index (χ1n) is 9.11. The molecule has 0 bridgehead atoms. The number of allylic oxidation sites excluding steroid dienone is 2. The number of carbonyl (C=O) groups is 1. The first kappa shape index (κ1) is 15.1. The van der Waals surface area contributed by atoms with E-state index < -0.39 is 0 Å². The minimum atomic E-state index is -0.153. The summed E-state index contributed by atoms with van der Waals surface area (Å²) in [6.45, 7) is 8.81. The van der Waals surface area contributed by atoms with Crippen molar-refractivity contribution in [2.24, 2.45) is 27.0 Å². The van der Waals surface area contributed by atoms with Crippen LogP contribution in [0.4, 0.5) is 0 Å². The average molecular weight is 313 g/mol. The van der Waals surface area contributed by atoms with Gasteiger partial charge in [0, 0.05) is 28.7 Å². The van der Waals surface area contributed by atoms with Crippen LogP contribution in [0, 0.1) is 16.7 Å². The van der Waals surface area contributed by atoms with Crippen LogP contribution in [0.25, 0.3) is 0 Å². The largest absolute Gasteiger partial charge is 0.342 e. The van der Waals surface area contributed by atoms with E-state index in [4.69, 9.17) is 0 Å².